The molecular formula is C10H17N3. The number of hydrogen-bond donors (Lipinski definition) is 1. The Kier molecular flexibility index (Phi) is 4.23. The second-order valence-corrected chi connectivity index (χ2v) is 3.18. The summed E-state index contributed by atoms with van der Waals surface area (Å²) >= 11 is 0. The average molecular weight is 179 g/mol. The van der Waals surface area contributed by atoms with Gasteiger partial charge in [0.05, 0.1) is 18.1 Å². The van der Waals surface area contributed by atoms with Crippen molar-refractivity contribution in [1.82, 2.24) is 9.97 Å². The average Bonchev–Trinajstić information content (AvgIpc) is 2.15. The molecule has 0 fully saturated rings. The van der Waals surface area contributed by atoms with Crippen molar-refractivity contribution in [3.63, 3.8) is 0 Å². The van der Waals surface area contributed by atoms with E-state index in [0.29, 0.717) is 0 Å². The van der Waals surface area contributed by atoms with Crippen LogP contribution in [0.5, 0.6) is 0 Å². The summed E-state index contributed by atoms with van der Waals surface area (Å²) < 4.78 is 0. The van der Waals surface area contributed by atoms with Gasteiger partial charge in [0.25, 0.3) is 0 Å². The summed E-state index contributed by atoms with van der Waals surface area (Å²) in [5, 5.41) is 3.23. The molecule has 1 aromatic heterocycles. The van der Waals surface area contributed by atoms with Crippen molar-refractivity contribution in [2.45, 2.75) is 33.1 Å². The fourth-order valence-corrected chi connectivity index (χ4v) is 1.08. The van der Waals surface area contributed by atoms with Crippen molar-refractivity contribution in [1.29, 1.82) is 0 Å². The number of hydrogen-bond acceptors (Lipinski definition) is 3. The smallest absolute Gasteiger partial charge is 0.144 e. The van der Waals surface area contributed by atoms with E-state index in [1.165, 1.54) is 19.3 Å². The molecule has 0 spiro atoms. The second kappa shape index (κ2) is 5.51. The van der Waals surface area contributed by atoms with Crippen LogP contribution < -0.4 is 5.32 Å². The lowest BCUT2D eigenvalue weighted by Crippen LogP contribution is -2.03. The third kappa shape index (κ3) is 3.87. The van der Waals surface area contributed by atoms with Gasteiger partial charge >= 0.3 is 0 Å². The Balaban J connectivity index is 2.25. The van der Waals surface area contributed by atoms with Crippen molar-refractivity contribution in [3.8, 4) is 0 Å². The summed E-state index contributed by atoms with van der Waals surface area (Å²) in [4.78, 5) is 8.36. The fourth-order valence-electron chi connectivity index (χ4n) is 1.08. The van der Waals surface area contributed by atoms with Crippen molar-refractivity contribution in [3.05, 3.63) is 18.1 Å². The lowest BCUT2D eigenvalue weighted by Gasteiger charge is -2.03. The van der Waals surface area contributed by atoms with Gasteiger partial charge in [-0.1, -0.05) is 19.8 Å². The monoisotopic (exact) mass is 179 g/mol. The third-order valence-corrected chi connectivity index (χ3v) is 1.87. The predicted molar refractivity (Wildman–Crippen MR) is 54.8 cm³/mol. The van der Waals surface area contributed by atoms with Gasteiger partial charge in [0.1, 0.15) is 5.82 Å². The van der Waals surface area contributed by atoms with E-state index >= 15 is 0 Å². The second-order valence-electron chi connectivity index (χ2n) is 3.18. The van der Waals surface area contributed by atoms with Crippen LogP contribution in [0.4, 0.5) is 5.82 Å². The van der Waals surface area contributed by atoms with Crippen molar-refractivity contribution in [2.75, 3.05) is 11.9 Å². The van der Waals surface area contributed by atoms with E-state index < -0.39 is 0 Å². The minimum atomic E-state index is 0.877. The number of aromatic nitrogens is 2. The molecule has 0 unspecified atom stereocenters. The van der Waals surface area contributed by atoms with Gasteiger partial charge in [0.2, 0.25) is 0 Å². The Labute approximate surface area is 79.6 Å². The van der Waals surface area contributed by atoms with E-state index in [4.69, 9.17) is 0 Å². The van der Waals surface area contributed by atoms with E-state index in [9.17, 15) is 0 Å². The molecule has 0 bridgehead atoms. The number of unbranched alkanes of at least 4 members (excludes halogenated alkanes) is 2. The van der Waals surface area contributed by atoms with Crippen LogP contribution in [0.2, 0.25) is 0 Å². The maximum absolute atomic E-state index is 4.20. The van der Waals surface area contributed by atoms with Gasteiger partial charge in [-0.2, -0.15) is 0 Å². The largest absolute Gasteiger partial charge is 0.369 e. The summed E-state index contributed by atoms with van der Waals surface area (Å²) in [5.74, 6) is 0.877. The standard InChI is InChI=1S/C10H17N3/c1-3-4-5-6-11-10-8-12-9(2)7-13-10/h7-8H,3-6H2,1-2H3,(H,11,13). The highest BCUT2D eigenvalue weighted by molar-refractivity contribution is 5.30. The number of nitrogens with zero attached hydrogens (tertiary/aromatic N) is 2. The van der Waals surface area contributed by atoms with Gasteiger partial charge in [-0.25, -0.2) is 4.98 Å². The molecule has 0 atom stereocenters. The molecule has 1 rings (SSSR count). The summed E-state index contributed by atoms with van der Waals surface area (Å²) in [7, 11) is 0. The van der Waals surface area contributed by atoms with Crippen LogP contribution in [-0.4, -0.2) is 16.5 Å². The molecule has 0 saturated heterocycles. The molecule has 1 aromatic rings. The lowest BCUT2D eigenvalue weighted by atomic mass is 10.2. The molecule has 0 radical (unpaired) electrons. The molecule has 72 valence electrons. The molecule has 13 heavy (non-hydrogen) atoms. The predicted octanol–water partition coefficient (Wildman–Crippen LogP) is 2.39. The summed E-state index contributed by atoms with van der Waals surface area (Å²) in [6, 6.07) is 0. The van der Waals surface area contributed by atoms with Gasteiger partial charge in [-0.15, -0.1) is 0 Å². The Hall–Kier alpha value is -1.12. The van der Waals surface area contributed by atoms with Crippen LogP contribution in [-0.2, 0) is 0 Å². The third-order valence-electron chi connectivity index (χ3n) is 1.87. The Morgan fingerprint density at radius 2 is 2.08 bits per heavy atom. The molecule has 0 aliphatic rings. The Morgan fingerprint density at radius 1 is 1.23 bits per heavy atom. The first-order valence-corrected chi connectivity index (χ1v) is 4.85. The van der Waals surface area contributed by atoms with E-state index in [0.717, 1.165) is 18.1 Å². The molecule has 0 amide bonds. The number of nitrogens with one attached hydrogen (secondary N) is 1. The molecule has 0 saturated carbocycles. The quantitative estimate of drug-likeness (QED) is 0.705. The molecule has 0 aromatic carbocycles. The molecule has 0 aliphatic heterocycles. The van der Waals surface area contributed by atoms with Crippen molar-refractivity contribution >= 4 is 5.82 Å². The van der Waals surface area contributed by atoms with Crippen LogP contribution in [0.1, 0.15) is 31.9 Å². The number of anilines is 1. The van der Waals surface area contributed by atoms with Crippen LogP contribution in [0.15, 0.2) is 12.4 Å². The van der Waals surface area contributed by atoms with Gasteiger partial charge in [-0.05, 0) is 13.3 Å². The molecular weight excluding hydrogens is 162 g/mol. The number of rotatable bonds is 5. The van der Waals surface area contributed by atoms with E-state index in [1.54, 1.807) is 12.4 Å². The maximum atomic E-state index is 4.20. The van der Waals surface area contributed by atoms with Gasteiger partial charge < -0.3 is 5.32 Å². The lowest BCUT2D eigenvalue weighted by molar-refractivity contribution is 0.742. The fraction of sp³-hybridized carbons (Fsp3) is 0.600. The summed E-state index contributed by atoms with van der Waals surface area (Å²) in [6.07, 6.45) is 7.28. The highest BCUT2D eigenvalue weighted by Crippen LogP contribution is 2.01. The minimum absolute atomic E-state index is 0.877. The highest BCUT2D eigenvalue weighted by Gasteiger charge is 1.92. The van der Waals surface area contributed by atoms with E-state index in [-0.39, 0.29) is 0 Å². The molecule has 0 aliphatic carbocycles. The molecule has 1 N–H and O–H groups in total. The normalized spacial score (nSPS) is 10.0. The van der Waals surface area contributed by atoms with Crippen LogP contribution in [0.25, 0.3) is 0 Å². The minimum Gasteiger partial charge on any atom is -0.369 e. The van der Waals surface area contributed by atoms with Gasteiger partial charge in [0.15, 0.2) is 0 Å². The zero-order valence-corrected chi connectivity index (χ0v) is 8.38. The SMILES string of the molecule is CCCCCNc1cnc(C)cn1. The van der Waals surface area contributed by atoms with Gasteiger partial charge in [0, 0.05) is 6.54 Å². The molecule has 3 heteroatoms. The first kappa shape index (κ1) is 9.96. The zero-order chi connectivity index (χ0) is 9.52. The first-order chi connectivity index (χ1) is 6.33. The van der Waals surface area contributed by atoms with Crippen LogP contribution >= 0.6 is 0 Å². The van der Waals surface area contributed by atoms with Crippen molar-refractivity contribution < 1.29 is 0 Å². The Morgan fingerprint density at radius 3 is 2.69 bits per heavy atom. The van der Waals surface area contributed by atoms with E-state index in [1.807, 2.05) is 6.92 Å². The summed E-state index contributed by atoms with van der Waals surface area (Å²) in [6.45, 7) is 5.13. The van der Waals surface area contributed by atoms with Crippen molar-refractivity contribution in [2.24, 2.45) is 0 Å². The number of aryl methyl sites for hydroxylation is 1. The topological polar surface area (TPSA) is 37.8 Å². The highest BCUT2D eigenvalue weighted by atomic mass is 15.0. The molecule has 3 nitrogen and oxygen atoms in total. The summed E-state index contributed by atoms with van der Waals surface area (Å²) in [5.41, 5.74) is 0.958. The van der Waals surface area contributed by atoms with Crippen LogP contribution in [0.3, 0.4) is 0 Å². The zero-order valence-electron chi connectivity index (χ0n) is 8.38. The Bertz CT molecular complexity index is 230. The molecule has 1 heterocycles. The maximum Gasteiger partial charge on any atom is 0.144 e. The van der Waals surface area contributed by atoms with E-state index in [2.05, 4.69) is 22.2 Å². The first-order valence-electron chi connectivity index (χ1n) is 4.85. The van der Waals surface area contributed by atoms with Gasteiger partial charge in [-0.3, -0.25) is 4.98 Å². The van der Waals surface area contributed by atoms with Crippen LogP contribution in [0, 0.1) is 6.92 Å².